The summed E-state index contributed by atoms with van der Waals surface area (Å²) < 4.78 is 10.7. The standard InChI is InChI=1S/C21H26N2O4/c1-13-17-6-5-16(26-2)11-19(17)27-21(25)18(13)7-8-20(24)23-14-3-4-15(23)12-22-10-9-14/h5-6,11,14-15,22H,3-4,7-10,12H2,1-2H3. The molecule has 2 atom stereocenters. The molecule has 0 aliphatic carbocycles. The molecule has 2 aliphatic rings. The maximum atomic E-state index is 12.9. The van der Waals surface area contributed by atoms with Gasteiger partial charge in [-0.15, -0.1) is 0 Å². The first kappa shape index (κ1) is 18.0. The molecule has 2 unspecified atom stereocenters. The van der Waals surface area contributed by atoms with Crippen LogP contribution in [0.4, 0.5) is 0 Å². The molecule has 4 rings (SSSR count). The van der Waals surface area contributed by atoms with Gasteiger partial charge in [-0.3, -0.25) is 4.79 Å². The SMILES string of the molecule is COc1ccc2c(C)c(CCC(=O)N3C4CCNCC3CC4)c(=O)oc2c1. The van der Waals surface area contributed by atoms with Gasteiger partial charge in [-0.05, 0) is 56.8 Å². The Morgan fingerprint density at radius 3 is 2.93 bits per heavy atom. The van der Waals surface area contributed by atoms with Crippen molar-refractivity contribution in [2.24, 2.45) is 0 Å². The quantitative estimate of drug-likeness (QED) is 0.837. The summed E-state index contributed by atoms with van der Waals surface area (Å²) in [7, 11) is 1.58. The molecule has 6 nitrogen and oxygen atoms in total. The van der Waals surface area contributed by atoms with E-state index >= 15 is 0 Å². The second-order valence-corrected chi connectivity index (χ2v) is 7.53. The lowest BCUT2D eigenvalue weighted by Gasteiger charge is -2.28. The van der Waals surface area contributed by atoms with E-state index in [4.69, 9.17) is 9.15 Å². The highest BCUT2D eigenvalue weighted by Gasteiger charge is 2.37. The zero-order valence-corrected chi connectivity index (χ0v) is 15.9. The maximum absolute atomic E-state index is 12.9. The van der Waals surface area contributed by atoms with Crippen LogP contribution in [0, 0.1) is 6.92 Å². The Morgan fingerprint density at radius 2 is 2.11 bits per heavy atom. The van der Waals surface area contributed by atoms with Crippen LogP contribution in [-0.4, -0.2) is 43.1 Å². The molecule has 1 aromatic heterocycles. The first-order valence-corrected chi connectivity index (χ1v) is 9.70. The van der Waals surface area contributed by atoms with Gasteiger partial charge in [0.15, 0.2) is 0 Å². The Kier molecular flexibility index (Phi) is 4.91. The minimum atomic E-state index is -0.360. The number of methoxy groups -OCH3 is 1. The summed E-state index contributed by atoms with van der Waals surface area (Å²) in [6.45, 7) is 3.77. The van der Waals surface area contributed by atoms with Gasteiger partial charge >= 0.3 is 5.63 Å². The van der Waals surface area contributed by atoms with Crippen LogP contribution in [0.2, 0.25) is 0 Å². The van der Waals surface area contributed by atoms with Crippen molar-refractivity contribution < 1.29 is 13.9 Å². The predicted octanol–water partition coefficient (Wildman–Crippen LogP) is 2.40. The third-order valence-corrected chi connectivity index (χ3v) is 6.03. The van der Waals surface area contributed by atoms with E-state index < -0.39 is 0 Å². The number of carbonyl (C=O) groups is 1. The first-order chi connectivity index (χ1) is 13.1. The van der Waals surface area contributed by atoms with Gasteiger partial charge in [-0.1, -0.05) is 0 Å². The Morgan fingerprint density at radius 1 is 1.30 bits per heavy atom. The van der Waals surface area contributed by atoms with Crippen LogP contribution in [0.15, 0.2) is 27.4 Å². The second kappa shape index (κ2) is 7.35. The van der Waals surface area contributed by atoms with Gasteiger partial charge in [0.05, 0.1) is 7.11 Å². The molecule has 2 aromatic rings. The van der Waals surface area contributed by atoms with Crippen molar-refractivity contribution in [3.05, 3.63) is 39.7 Å². The van der Waals surface area contributed by atoms with Crippen molar-refractivity contribution >= 4 is 16.9 Å². The van der Waals surface area contributed by atoms with Crippen molar-refractivity contribution in [2.45, 2.75) is 51.1 Å². The molecule has 6 heteroatoms. The second-order valence-electron chi connectivity index (χ2n) is 7.53. The molecule has 2 saturated heterocycles. The lowest BCUT2D eigenvalue weighted by Crippen LogP contribution is -2.42. The highest BCUT2D eigenvalue weighted by Crippen LogP contribution is 2.29. The van der Waals surface area contributed by atoms with Gasteiger partial charge in [-0.2, -0.15) is 0 Å². The average molecular weight is 370 g/mol. The number of benzene rings is 1. The van der Waals surface area contributed by atoms with E-state index in [1.807, 2.05) is 19.1 Å². The minimum absolute atomic E-state index is 0.153. The van der Waals surface area contributed by atoms with Gasteiger partial charge in [0, 0.05) is 42.1 Å². The van der Waals surface area contributed by atoms with Gasteiger partial charge in [0.2, 0.25) is 5.91 Å². The van der Waals surface area contributed by atoms with E-state index in [2.05, 4.69) is 10.2 Å². The minimum Gasteiger partial charge on any atom is -0.497 e. The van der Waals surface area contributed by atoms with E-state index in [9.17, 15) is 9.59 Å². The molecule has 0 saturated carbocycles. The average Bonchev–Trinajstić information content (AvgIpc) is 2.93. The number of nitrogens with one attached hydrogen (secondary N) is 1. The van der Waals surface area contributed by atoms with Gasteiger partial charge in [0.1, 0.15) is 11.3 Å². The third kappa shape index (κ3) is 3.34. The molecule has 144 valence electrons. The number of fused-ring (bicyclic) bond motifs is 3. The Bertz CT molecular complexity index is 906. The number of hydrogen-bond acceptors (Lipinski definition) is 5. The van der Waals surface area contributed by atoms with Crippen molar-refractivity contribution in [2.75, 3.05) is 20.2 Å². The van der Waals surface area contributed by atoms with Crippen molar-refractivity contribution in [1.29, 1.82) is 0 Å². The summed E-state index contributed by atoms with van der Waals surface area (Å²) in [5.74, 6) is 0.804. The van der Waals surface area contributed by atoms with E-state index in [-0.39, 0.29) is 11.5 Å². The molecule has 27 heavy (non-hydrogen) atoms. The smallest absolute Gasteiger partial charge is 0.339 e. The van der Waals surface area contributed by atoms with Crippen molar-refractivity contribution in [3.63, 3.8) is 0 Å². The maximum Gasteiger partial charge on any atom is 0.339 e. The fraction of sp³-hybridized carbons (Fsp3) is 0.524. The molecule has 3 heterocycles. The fourth-order valence-corrected chi connectivity index (χ4v) is 4.54. The normalized spacial score (nSPS) is 22.1. The highest BCUT2D eigenvalue weighted by molar-refractivity contribution is 5.83. The lowest BCUT2D eigenvalue weighted by atomic mass is 10.0. The fourth-order valence-electron chi connectivity index (χ4n) is 4.54. The van der Waals surface area contributed by atoms with Gasteiger partial charge in [-0.25, -0.2) is 4.79 Å². The van der Waals surface area contributed by atoms with Gasteiger partial charge in [0.25, 0.3) is 0 Å². The number of ether oxygens (including phenoxy) is 1. The number of aryl methyl sites for hydroxylation is 1. The number of carbonyl (C=O) groups excluding carboxylic acids is 1. The highest BCUT2D eigenvalue weighted by atomic mass is 16.5. The molecule has 2 bridgehead atoms. The summed E-state index contributed by atoms with van der Waals surface area (Å²) in [6.07, 6.45) is 3.94. The lowest BCUT2D eigenvalue weighted by molar-refractivity contribution is -0.133. The number of hydrogen-bond donors (Lipinski definition) is 1. The summed E-state index contributed by atoms with van der Waals surface area (Å²) in [6, 6.07) is 6.12. The zero-order valence-electron chi connectivity index (χ0n) is 15.9. The monoisotopic (exact) mass is 370 g/mol. The van der Waals surface area contributed by atoms with Crippen molar-refractivity contribution in [1.82, 2.24) is 10.2 Å². The third-order valence-electron chi connectivity index (χ3n) is 6.03. The predicted molar refractivity (Wildman–Crippen MR) is 103 cm³/mol. The van der Waals surface area contributed by atoms with Crippen LogP contribution in [-0.2, 0) is 11.2 Å². The Labute approximate surface area is 158 Å². The largest absolute Gasteiger partial charge is 0.497 e. The molecular weight excluding hydrogens is 344 g/mol. The molecule has 1 N–H and O–H groups in total. The number of nitrogens with zero attached hydrogens (tertiary/aromatic N) is 1. The van der Waals surface area contributed by atoms with Crippen LogP contribution in [0.5, 0.6) is 5.75 Å². The molecule has 1 aromatic carbocycles. The van der Waals surface area contributed by atoms with Crippen molar-refractivity contribution in [3.8, 4) is 5.75 Å². The van der Waals surface area contributed by atoms with E-state index in [0.717, 1.165) is 43.3 Å². The molecular formula is C21H26N2O4. The summed E-state index contributed by atoms with van der Waals surface area (Å²) in [4.78, 5) is 27.5. The van der Waals surface area contributed by atoms with Crippen LogP contribution < -0.4 is 15.7 Å². The Hall–Kier alpha value is -2.34. The van der Waals surface area contributed by atoms with Crippen LogP contribution in [0.1, 0.15) is 36.8 Å². The van der Waals surface area contributed by atoms with E-state index in [1.165, 1.54) is 0 Å². The van der Waals surface area contributed by atoms with Crippen LogP contribution >= 0.6 is 0 Å². The molecule has 0 radical (unpaired) electrons. The zero-order chi connectivity index (χ0) is 19.0. The topological polar surface area (TPSA) is 71.8 Å². The van der Waals surface area contributed by atoms with Gasteiger partial charge < -0.3 is 19.4 Å². The molecule has 1 amide bonds. The molecule has 2 aliphatic heterocycles. The van der Waals surface area contributed by atoms with Crippen LogP contribution in [0.25, 0.3) is 11.0 Å². The summed E-state index contributed by atoms with van der Waals surface area (Å²) in [5, 5.41) is 4.30. The van der Waals surface area contributed by atoms with E-state index in [0.29, 0.717) is 41.8 Å². The first-order valence-electron chi connectivity index (χ1n) is 9.70. The van der Waals surface area contributed by atoms with E-state index in [1.54, 1.807) is 13.2 Å². The van der Waals surface area contributed by atoms with Crippen LogP contribution in [0.3, 0.4) is 0 Å². The Balaban J connectivity index is 1.55. The summed E-state index contributed by atoms with van der Waals surface area (Å²) in [5.41, 5.74) is 1.64. The number of amides is 1. The summed E-state index contributed by atoms with van der Waals surface area (Å²) >= 11 is 0. The molecule has 2 fully saturated rings. The molecule has 0 spiro atoms. The number of rotatable bonds is 4.